The lowest BCUT2D eigenvalue weighted by atomic mass is 10.1. The average Bonchev–Trinajstić information content (AvgIpc) is 3.16. The van der Waals surface area contributed by atoms with Gasteiger partial charge in [-0.2, -0.15) is 0 Å². The maximum Gasteiger partial charge on any atom is 0.287 e. The van der Waals surface area contributed by atoms with Crippen molar-refractivity contribution < 1.29 is 13.6 Å². The van der Waals surface area contributed by atoms with E-state index < -0.39 is 0 Å². The Hall–Kier alpha value is -2.34. The van der Waals surface area contributed by atoms with E-state index in [1.54, 1.807) is 30.8 Å². The van der Waals surface area contributed by atoms with Crippen LogP contribution in [0, 0.1) is 0 Å². The molecule has 0 radical (unpaired) electrons. The number of halogens is 1. The van der Waals surface area contributed by atoms with Crippen LogP contribution in [0.25, 0.3) is 11.3 Å². The van der Waals surface area contributed by atoms with Gasteiger partial charge in [0.2, 0.25) is 0 Å². The zero-order chi connectivity index (χ0) is 14.7. The van der Waals surface area contributed by atoms with Gasteiger partial charge >= 0.3 is 0 Å². The second-order valence-corrected chi connectivity index (χ2v) is 5.13. The fourth-order valence-corrected chi connectivity index (χ4v) is 2.17. The summed E-state index contributed by atoms with van der Waals surface area (Å²) in [4.78, 5) is 16.0. The lowest BCUT2D eigenvalue weighted by molar-refractivity contribution is 0.0922. The Labute approximate surface area is 129 Å². The summed E-state index contributed by atoms with van der Waals surface area (Å²) in [7, 11) is 0. The average molecular weight is 347 g/mol. The number of furan rings is 2. The summed E-state index contributed by atoms with van der Waals surface area (Å²) in [5.74, 6) is 0.728. The van der Waals surface area contributed by atoms with Crippen molar-refractivity contribution in [2.75, 3.05) is 0 Å². The summed E-state index contributed by atoms with van der Waals surface area (Å²) in [6.45, 7) is 0.360. The van der Waals surface area contributed by atoms with E-state index in [9.17, 15) is 4.79 Å². The van der Waals surface area contributed by atoms with Crippen molar-refractivity contribution >= 4 is 21.8 Å². The molecule has 5 nitrogen and oxygen atoms in total. The summed E-state index contributed by atoms with van der Waals surface area (Å²) in [6, 6.07) is 8.88. The second-order valence-electron chi connectivity index (χ2n) is 4.35. The van der Waals surface area contributed by atoms with Gasteiger partial charge < -0.3 is 14.2 Å². The number of aromatic nitrogens is 1. The standard InChI is InChI=1S/C15H11BrN2O3/c16-14-4-3-13(21-14)15(19)18-8-10-6-11(9-17-7-10)12-2-1-5-20-12/h1-7,9H,8H2,(H,18,19). The summed E-state index contributed by atoms with van der Waals surface area (Å²) >= 11 is 3.16. The van der Waals surface area contributed by atoms with Crippen LogP contribution in [0.15, 0.2) is 62.5 Å². The maximum absolute atomic E-state index is 11.9. The summed E-state index contributed by atoms with van der Waals surface area (Å²) in [6.07, 6.45) is 5.02. The highest BCUT2D eigenvalue weighted by atomic mass is 79.9. The molecular formula is C15H11BrN2O3. The SMILES string of the molecule is O=C(NCc1cncc(-c2ccco2)c1)c1ccc(Br)o1. The van der Waals surface area contributed by atoms with Gasteiger partial charge in [-0.15, -0.1) is 0 Å². The first-order valence-corrected chi connectivity index (χ1v) is 7.03. The van der Waals surface area contributed by atoms with Crippen molar-refractivity contribution in [1.29, 1.82) is 0 Å². The Bertz CT molecular complexity index is 750. The number of rotatable bonds is 4. The highest BCUT2D eigenvalue weighted by Crippen LogP contribution is 2.19. The number of pyridine rings is 1. The van der Waals surface area contributed by atoms with Crippen molar-refractivity contribution in [1.82, 2.24) is 10.3 Å². The maximum atomic E-state index is 11.9. The van der Waals surface area contributed by atoms with E-state index in [0.29, 0.717) is 11.2 Å². The molecule has 3 aromatic heterocycles. The van der Waals surface area contributed by atoms with Crippen molar-refractivity contribution in [3.63, 3.8) is 0 Å². The van der Waals surface area contributed by atoms with Gasteiger partial charge in [0.05, 0.1) is 6.26 Å². The third-order valence-electron chi connectivity index (χ3n) is 2.85. The highest BCUT2D eigenvalue weighted by molar-refractivity contribution is 9.10. The monoisotopic (exact) mass is 346 g/mol. The fourth-order valence-electron chi connectivity index (χ4n) is 1.87. The lowest BCUT2D eigenvalue weighted by Crippen LogP contribution is -2.22. The lowest BCUT2D eigenvalue weighted by Gasteiger charge is -2.04. The number of amides is 1. The van der Waals surface area contributed by atoms with Crippen molar-refractivity contribution in [2.45, 2.75) is 6.54 Å². The smallest absolute Gasteiger partial charge is 0.287 e. The molecule has 0 unspecified atom stereocenters. The Morgan fingerprint density at radius 3 is 2.90 bits per heavy atom. The molecule has 0 aliphatic heterocycles. The largest absolute Gasteiger partial charge is 0.464 e. The molecule has 6 heteroatoms. The molecule has 1 N–H and O–H groups in total. The zero-order valence-corrected chi connectivity index (χ0v) is 12.5. The predicted octanol–water partition coefficient (Wildman–Crippen LogP) is 3.63. The molecular weight excluding hydrogens is 336 g/mol. The molecule has 0 aromatic carbocycles. The van der Waals surface area contributed by atoms with Crippen LogP contribution >= 0.6 is 15.9 Å². The third kappa shape index (κ3) is 3.22. The van der Waals surface area contributed by atoms with Crippen LogP contribution in [0.4, 0.5) is 0 Å². The number of carbonyl (C=O) groups excluding carboxylic acids is 1. The van der Waals surface area contributed by atoms with E-state index >= 15 is 0 Å². The van der Waals surface area contributed by atoms with Gasteiger partial charge in [-0.3, -0.25) is 9.78 Å². The Kier molecular flexibility index (Phi) is 3.87. The second kappa shape index (κ2) is 5.97. The molecule has 1 amide bonds. The summed E-state index contributed by atoms with van der Waals surface area (Å²) in [5.41, 5.74) is 1.75. The first-order valence-electron chi connectivity index (χ1n) is 6.24. The minimum atomic E-state index is -0.274. The van der Waals surface area contributed by atoms with Gasteiger partial charge in [0.25, 0.3) is 5.91 Å². The van der Waals surface area contributed by atoms with Crippen LogP contribution in [-0.4, -0.2) is 10.9 Å². The number of hydrogen-bond acceptors (Lipinski definition) is 4. The normalized spacial score (nSPS) is 10.5. The number of hydrogen-bond donors (Lipinski definition) is 1. The molecule has 3 rings (SSSR count). The summed E-state index contributed by atoms with van der Waals surface area (Å²) in [5, 5.41) is 2.78. The van der Waals surface area contributed by atoms with Crippen LogP contribution in [0.1, 0.15) is 16.1 Å². The van der Waals surface area contributed by atoms with E-state index in [1.807, 2.05) is 18.2 Å². The van der Waals surface area contributed by atoms with E-state index in [0.717, 1.165) is 16.9 Å². The molecule has 0 bridgehead atoms. The van der Waals surface area contributed by atoms with Crippen molar-refractivity contribution in [3.8, 4) is 11.3 Å². The molecule has 0 atom stereocenters. The van der Waals surface area contributed by atoms with Gasteiger partial charge in [0, 0.05) is 24.5 Å². The Morgan fingerprint density at radius 1 is 1.29 bits per heavy atom. The number of nitrogens with one attached hydrogen (secondary N) is 1. The molecule has 3 heterocycles. The predicted molar refractivity (Wildman–Crippen MR) is 79.5 cm³/mol. The van der Waals surface area contributed by atoms with Crippen LogP contribution in [0.3, 0.4) is 0 Å². The van der Waals surface area contributed by atoms with Gasteiger partial charge in [-0.25, -0.2) is 0 Å². The van der Waals surface area contributed by atoms with Crippen LogP contribution in [-0.2, 0) is 6.54 Å². The van der Waals surface area contributed by atoms with E-state index in [2.05, 4.69) is 26.2 Å². The highest BCUT2D eigenvalue weighted by Gasteiger charge is 2.10. The number of nitrogens with zero attached hydrogens (tertiary/aromatic N) is 1. The van der Waals surface area contributed by atoms with Gasteiger partial charge in [-0.1, -0.05) is 0 Å². The Balaban J connectivity index is 1.68. The van der Waals surface area contributed by atoms with Crippen molar-refractivity contribution in [3.05, 3.63) is 65.0 Å². The third-order valence-corrected chi connectivity index (χ3v) is 3.28. The molecule has 0 spiro atoms. The Morgan fingerprint density at radius 2 is 2.19 bits per heavy atom. The molecule has 106 valence electrons. The number of carbonyl (C=O) groups is 1. The first kappa shape index (κ1) is 13.6. The zero-order valence-electron chi connectivity index (χ0n) is 10.9. The van der Waals surface area contributed by atoms with Gasteiger partial charge in [0.15, 0.2) is 10.4 Å². The van der Waals surface area contributed by atoms with Gasteiger partial charge in [0.1, 0.15) is 5.76 Å². The first-order chi connectivity index (χ1) is 10.2. The minimum Gasteiger partial charge on any atom is -0.464 e. The van der Waals surface area contributed by atoms with Crippen LogP contribution < -0.4 is 5.32 Å². The molecule has 0 aliphatic rings. The van der Waals surface area contributed by atoms with Gasteiger partial charge in [-0.05, 0) is 51.8 Å². The van der Waals surface area contributed by atoms with E-state index in [-0.39, 0.29) is 11.7 Å². The summed E-state index contributed by atoms with van der Waals surface area (Å²) < 4.78 is 11.0. The fraction of sp³-hybridized carbons (Fsp3) is 0.0667. The van der Waals surface area contributed by atoms with Crippen LogP contribution in [0.2, 0.25) is 0 Å². The molecule has 0 fully saturated rings. The molecule has 3 aromatic rings. The molecule has 0 saturated heterocycles. The van der Waals surface area contributed by atoms with Crippen LogP contribution in [0.5, 0.6) is 0 Å². The molecule has 21 heavy (non-hydrogen) atoms. The van der Waals surface area contributed by atoms with E-state index in [1.165, 1.54) is 0 Å². The van der Waals surface area contributed by atoms with E-state index in [4.69, 9.17) is 8.83 Å². The topological polar surface area (TPSA) is 68.3 Å². The quantitative estimate of drug-likeness (QED) is 0.783. The molecule has 0 saturated carbocycles. The minimum absolute atomic E-state index is 0.261. The van der Waals surface area contributed by atoms with Crippen molar-refractivity contribution in [2.24, 2.45) is 0 Å². The molecule has 0 aliphatic carbocycles.